The number of aliphatic hydroxyl groups is 1. The van der Waals surface area contributed by atoms with Gasteiger partial charge in [0.1, 0.15) is 18.0 Å². The van der Waals surface area contributed by atoms with Crippen molar-refractivity contribution in [2.45, 2.75) is 38.3 Å². The Labute approximate surface area is 171 Å². The predicted octanol–water partition coefficient (Wildman–Crippen LogP) is 2.21. The van der Waals surface area contributed by atoms with E-state index in [1.165, 1.54) is 0 Å². The highest BCUT2D eigenvalue weighted by molar-refractivity contribution is 5.94. The first kappa shape index (κ1) is 19.6. The molecule has 2 aromatic rings. The van der Waals surface area contributed by atoms with Crippen molar-refractivity contribution in [1.29, 1.82) is 0 Å². The van der Waals surface area contributed by atoms with E-state index in [1.807, 2.05) is 37.4 Å². The number of anilines is 2. The third-order valence-corrected chi connectivity index (χ3v) is 5.68. The van der Waals surface area contributed by atoms with Crippen LogP contribution < -0.4 is 15.1 Å². The van der Waals surface area contributed by atoms with Crippen LogP contribution in [-0.2, 0) is 6.54 Å². The van der Waals surface area contributed by atoms with E-state index in [-0.39, 0.29) is 12.5 Å². The van der Waals surface area contributed by atoms with Crippen LogP contribution in [0.1, 0.15) is 41.6 Å². The summed E-state index contributed by atoms with van der Waals surface area (Å²) in [6.07, 6.45) is 5.93. The third kappa shape index (κ3) is 5.03. The second kappa shape index (κ2) is 8.78. The first-order chi connectivity index (χ1) is 14.1. The molecule has 154 valence electrons. The minimum absolute atomic E-state index is 0.00978. The highest BCUT2D eigenvalue weighted by Gasteiger charge is 2.24. The van der Waals surface area contributed by atoms with Gasteiger partial charge < -0.3 is 20.2 Å². The van der Waals surface area contributed by atoms with Crippen LogP contribution in [0, 0.1) is 5.92 Å². The zero-order valence-corrected chi connectivity index (χ0v) is 16.9. The lowest BCUT2D eigenvalue weighted by atomic mass is 9.99. The Balaban J connectivity index is 1.39. The summed E-state index contributed by atoms with van der Waals surface area (Å²) in [4.78, 5) is 25.3. The van der Waals surface area contributed by atoms with Gasteiger partial charge in [-0.3, -0.25) is 4.79 Å². The van der Waals surface area contributed by atoms with Gasteiger partial charge in [-0.25, -0.2) is 9.97 Å². The Morgan fingerprint density at radius 3 is 2.76 bits per heavy atom. The van der Waals surface area contributed by atoms with Gasteiger partial charge in [-0.05, 0) is 49.3 Å². The van der Waals surface area contributed by atoms with Crippen LogP contribution in [-0.4, -0.2) is 53.8 Å². The Morgan fingerprint density at radius 2 is 2.03 bits per heavy atom. The minimum atomic E-state index is 0.00978. The molecule has 0 spiro atoms. The summed E-state index contributed by atoms with van der Waals surface area (Å²) in [5, 5.41) is 12.5. The number of amides is 1. The van der Waals surface area contributed by atoms with Crippen LogP contribution in [0.25, 0.3) is 0 Å². The van der Waals surface area contributed by atoms with Crippen molar-refractivity contribution in [2.24, 2.45) is 5.92 Å². The summed E-state index contributed by atoms with van der Waals surface area (Å²) < 4.78 is 0. The van der Waals surface area contributed by atoms with Crippen molar-refractivity contribution in [3.05, 3.63) is 47.8 Å². The monoisotopic (exact) mass is 395 g/mol. The van der Waals surface area contributed by atoms with Crippen LogP contribution in [0.3, 0.4) is 0 Å². The molecule has 1 aromatic carbocycles. The molecule has 4 rings (SSSR count). The summed E-state index contributed by atoms with van der Waals surface area (Å²) in [6, 6.07) is 10.1. The van der Waals surface area contributed by atoms with E-state index in [1.54, 1.807) is 6.33 Å². The SMILES string of the molecule is CN(Cc1ccc(C(=O)NC2CC2)cc1)c1cc(N2CCCC(CO)C2)ncn1. The molecule has 1 aliphatic heterocycles. The summed E-state index contributed by atoms with van der Waals surface area (Å²) >= 11 is 0. The molecular weight excluding hydrogens is 366 g/mol. The van der Waals surface area contributed by atoms with Gasteiger partial charge in [0.2, 0.25) is 0 Å². The molecule has 1 atom stereocenters. The molecular formula is C22H29N5O2. The molecule has 29 heavy (non-hydrogen) atoms. The van der Waals surface area contributed by atoms with Gasteiger partial charge in [-0.15, -0.1) is 0 Å². The number of nitrogens with zero attached hydrogens (tertiary/aromatic N) is 4. The molecule has 1 saturated heterocycles. The van der Waals surface area contributed by atoms with E-state index in [0.29, 0.717) is 24.1 Å². The average Bonchev–Trinajstić information content (AvgIpc) is 3.58. The predicted molar refractivity (Wildman–Crippen MR) is 113 cm³/mol. The number of benzene rings is 1. The summed E-state index contributed by atoms with van der Waals surface area (Å²) in [6.45, 7) is 2.71. The van der Waals surface area contributed by atoms with Gasteiger partial charge in [-0.1, -0.05) is 12.1 Å². The standard InChI is InChI=1S/C22H29N5O2/c1-26(12-16-4-6-18(7-5-16)22(29)25-19-8-9-19)20-11-21(24-15-23-20)27-10-2-3-17(13-27)14-28/h4-7,11,15,17,19,28H,2-3,8-10,12-14H2,1H3,(H,25,29). The highest BCUT2D eigenvalue weighted by atomic mass is 16.3. The van der Waals surface area contributed by atoms with E-state index in [4.69, 9.17) is 0 Å². The molecule has 1 amide bonds. The fraction of sp³-hybridized carbons (Fsp3) is 0.500. The molecule has 1 saturated carbocycles. The van der Waals surface area contributed by atoms with Crippen molar-refractivity contribution >= 4 is 17.5 Å². The second-order valence-electron chi connectivity index (χ2n) is 8.17. The number of carbonyl (C=O) groups is 1. The van der Waals surface area contributed by atoms with Crippen molar-refractivity contribution in [3.8, 4) is 0 Å². The molecule has 1 unspecified atom stereocenters. The number of aliphatic hydroxyl groups excluding tert-OH is 1. The van der Waals surface area contributed by atoms with Crippen LogP contribution in [0.2, 0.25) is 0 Å². The number of hydrogen-bond donors (Lipinski definition) is 2. The highest BCUT2D eigenvalue weighted by Crippen LogP contribution is 2.24. The number of piperidine rings is 1. The van der Waals surface area contributed by atoms with E-state index < -0.39 is 0 Å². The van der Waals surface area contributed by atoms with Gasteiger partial charge in [0.15, 0.2) is 0 Å². The average molecular weight is 396 g/mol. The first-order valence-corrected chi connectivity index (χ1v) is 10.4. The summed E-state index contributed by atoms with van der Waals surface area (Å²) in [5.74, 6) is 2.09. The Bertz CT molecular complexity index is 837. The number of hydrogen-bond acceptors (Lipinski definition) is 6. The van der Waals surface area contributed by atoms with Crippen LogP contribution in [0.15, 0.2) is 36.7 Å². The normalized spacial score (nSPS) is 19.1. The second-order valence-corrected chi connectivity index (χ2v) is 8.17. The molecule has 7 nitrogen and oxygen atoms in total. The minimum Gasteiger partial charge on any atom is -0.396 e. The van der Waals surface area contributed by atoms with Gasteiger partial charge in [0.25, 0.3) is 5.91 Å². The quantitative estimate of drug-likeness (QED) is 0.748. The molecule has 1 aliphatic carbocycles. The largest absolute Gasteiger partial charge is 0.396 e. The number of carbonyl (C=O) groups excluding carboxylic acids is 1. The van der Waals surface area contributed by atoms with E-state index in [9.17, 15) is 9.90 Å². The molecule has 2 fully saturated rings. The molecule has 1 aromatic heterocycles. The zero-order chi connectivity index (χ0) is 20.2. The van der Waals surface area contributed by atoms with E-state index >= 15 is 0 Å². The van der Waals surface area contributed by atoms with Crippen LogP contribution >= 0.6 is 0 Å². The Morgan fingerprint density at radius 1 is 1.24 bits per heavy atom. The maximum atomic E-state index is 12.1. The maximum Gasteiger partial charge on any atom is 0.251 e. The van der Waals surface area contributed by atoms with Gasteiger partial charge in [-0.2, -0.15) is 0 Å². The van der Waals surface area contributed by atoms with Crippen molar-refractivity contribution in [2.75, 3.05) is 36.5 Å². The fourth-order valence-electron chi connectivity index (χ4n) is 3.75. The lowest BCUT2D eigenvalue weighted by molar-refractivity contribution is 0.0951. The van der Waals surface area contributed by atoms with Gasteiger partial charge in [0.05, 0.1) is 0 Å². The number of rotatable bonds is 7. The lowest BCUT2D eigenvalue weighted by Crippen LogP contribution is -2.37. The van der Waals surface area contributed by atoms with Crippen molar-refractivity contribution < 1.29 is 9.90 Å². The smallest absolute Gasteiger partial charge is 0.251 e. The third-order valence-electron chi connectivity index (χ3n) is 5.68. The molecule has 2 N–H and O–H groups in total. The van der Waals surface area contributed by atoms with E-state index in [2.05, 4.69) is 25.1 Å². The van der Waals surface area contributed by atoms with Gasteiger partial charge in [0, 0.05) is 51.0 Å². The Hall–Kier alpha value is -2.67. The van der Waals surface area contributed by atoms with Crippen LogP contribution in [0.4, 0.5) is 11.6 Å². The molecule has 0 bridgehead atoms. The number of nitrogens with one attached hydrogen (secondary N) is 1. The number of aromatic nitrogens is 2. The van der Waals surface area contributed by atoms with E-state index in [0.717, 1.165) is 56.0 Å². The van der Waals surface area contributed by atoms with Crippen molar-refractivity contribution in [3.63, 3.8) is 0 Å². The van der Waals surface area contributed by atoms with Crippen LogP contribution in [0.5, 0.6) is 0 Å². The lowest BCUT2D eigenvalue weighted by Gasteiger charge is -2.33. The van der Waals surface area contributed by atoms with Gasteiger partial charge >= 0.3 is 0 Å². The Kier molecular flexibility index (Phi) is 5.94. The zero-order valence-electron chi connectivity index (χ0n) is 16.9. The molecule has 0 radical (unpaired) electrons. The maximum absolute atomic E-state index is 12.1. The molecule has 2 heterocycles. The molecule has 2 aliphatic rings. The molecule has 7 heteroatoms. The van der Waals surface area contributed by atoms with Crippen molar-refractivity contribution in [1.82, 2.24) is 15.3 Å². The topological polar surface area (TPSA) is 81.6 Å². The summed E-state index contributed by atoms with van der Waals surface area (Å²) in [5.41, 5.74) is 1.82. The first-order valence-electron chi connectivity index (χ1n) is 10.4. The fourth-order valence-corrected chi connectivity index (χ4v) is 3.75. The summed E-state index contributed by atoms with van der Waals surface area (Å²) in [7, 11) is 2.01.